The predicted octanol–water partition coefficient (Wildman–Crippen LogP) is 6.47. The van der Waals surface area contributed by atoms with Gasteiger partial charge < -0.3 is 9.84 Å². The summed E-state index contributed by atoms with van der Waals surface area (Å²) in [5.74, 6) is -0.577. The molecule has 2 atom stereocenters. The Bertz CT molecular complexity index is 1410. The van der Waals surface area contributed by atoms with Gasteiger partial charge in [0.1, 0.15) is 11.9 Å². The van der Waals surface area contributed by atoms with Crippen LogP contribution in [0, 0.1) is 5.92 Å². The molecule has 0 fully saturated rings. The third-order valence-corrected chi connectivity index (χ3v) is 6.19. The third kappa shape index (κ3) is 5.64. The van der Waals surface area contributed by atoms with Gasteiger partial charge in [0.05, 0.1) is 5.69 Å². The van der Waals surface area contributed by atoms with Crippen molar-refractivity contribution >= 4 is 39.2 Å². The van der Waals surface area contributed by atoms with Gasteiger partial charge in [0.15, 0.2) is 0 Å². The smallest absolute Gasteiger partial charge is 0.412 e. The molecule has 4 aromatic rings. The molecule has 0 saturated heterocycles. The fraction of sp³-hybridized carbons (Fsp3) is 0.172. The lowest BCUT2D eigenvalue weighted by molar-refractivity contribution is -0.124. The summed E-state index contributed by atoms with van der Waals surface area (Å²) in [6.45, 7) is 1.97. The van der Waals surface area contributed by atoms with Gasteiger partial charge in [-0.15, -0.1) is 0 Å². The summed E-state index contributed by atoms with van der Waals surface area (Å²) in [6, 6.07) is 24.3. The minimum absolute atomic E-state index is 0.127. The molecule has 0 unspecified atom stereocenters. The number of amides is 2. The molecule has 0 spiro atoms. The van der Waals surface area contributed by atoms with Gasteiger partial charge in [-0.25, -0.2) is 10.3 Å². The second-order valence-electron chi connectivity index (χ2n) is 8.63. The van der Waals surface area contributed by atoms with Crippen molar-refractivity contribution in [1.82, 2.24) is 5.48 Å². The van der Waals surface area contributed by atoms with Crippen molar-refractivity contribution in [2.45, 2.75) is 25.9 Å². The largest absolute Gasteiger partial charge is 0.507 e. The highest BCUT2D eigenvalue weighted by atomic mass is 16.6. The number of allylic oxidation sites excluding steroid dienone is 1. The van der Waals surface area contributed by atoms with Gasteiger partial charge in [0, 0.05) is 22.4 Å². The number of phenolic OH excluding ortho intramolecular Hbond substituents is 1. The molecule has 4 aromatic carbocycles. The van der Waals surface area contributed by atoms with Crippen LogP contribution >= 0.6 is 0 Å². The molecule has 0 radical (unpaired) electrons. The van der Waals surface area contributed by atoms with E-state index in [2.05, 4.69) is 5.32 Å². The van der Waals surface area contributed by atoms with Crippen molar-refractivity contribution in [3.8, 4) is 5.75 Å². The number of aromatic hydroxyl groups is 1. The van der Waals surface area contributed by atoms with Crippen LogP contribution in [0.25, 0.3) is 21.5 Å². The van der Waals surface area contributed by atoms with Crippen LogP contribution in [-0.2, 0) is 9.53 Å². The number of carbonyl (C=O) groups is 2. The van der Waals surface area contributed by atoms with Crippen LogP contribution in [0.2, 0.25) is 0 Å². The number of rotatable bonds is 8. The lowest BCUT2D eigenvalue weighted by Crippen LogP contribution is -2.22. The molecule has 7 nitrogen and oxygen atoms in total. The zero-order valence-corrected chi connectivity index (χ0v) is 19.8. The van der Waals surface area contributed by atoms with Crippen molar-refractivity contribution < 1.29 is 24.6 Å². The number of benzene rings is 4. The summed E-state index contributed by atoms with van der Waals surface area (Å²) >= 11 is 0. The standard InChI is InChI=1S/C29H28N2O5/c1-19(9-2-7-16-27(33)31-35)28(24-17-18-26(32)23-14-6-5-13-22(23)24)36-29(34)30-25-15-8-11-20-10-3-4-12-21(20)25/h3-8,10-19,28,32,35H,2,9H2,1H3,(H,30,34)(H,31,33)/b16-7+/t19-,28+/m1/s1. The number of hydrogen-bond acceptors (Lipinski definition) is 5. The highest BCUT2D eigenvalue weighted by Gasteiger charge is 2.26. The maximum Gasteiger partial charge on any atom is 0.412 e. The highest BCUT2D eigenvalue weighted by molar-refractivity contribution is 6.00. The van der Waals surface area contributed by atoms with Crippen LogP contribution < -0.4 is 10.8 Å². The molecule has 0 aliphatic carbocycles. The lowest BCUT2D eigenvalue weighted by Gasteiger charge is -2.26. The number of ether oxygens (including phenoxy) is 1. The Morgan fingerprint density at radius 2 is 1.61 bits per heavy atom. The van der Waals surface area contributed by atoms with E-state index in [0.717, 1.165) is 21.7 Å². The van der Waals surface area contributed by atoms with E-state index in [4.69, 9.17) is 9.94 Å². The van der Waals surface area contributed by atoms with E-state index in [1.54, 1.807) is 23.7 Å². The number of hydrogen-bond donors (Lipinski definition) is 4. The van der Waals surface area contributed by atoms with Gasteiger partial charge in [-0.05, 0) is 41.7 Å². The van der Waals surface area contributed by atoms with E-state index in [-0.39, 0.29) is 11.7 Å². The Labute approximate surface area is 209 Å². The van der Waals surface area contributed by atoms with Crippen LogP contribution in [0.5, 0.6) is 5.75 Å². The maximum absolute atomic E-state index is 13.1. The molecule has 7 heteroatoms. The molecule has 0 aliphatic rings. The topological polar surface area (TPSA) is 108 Å². The van der Waals surface area contributed by atoms with Gasteiger partial charge in [0.2, 0.25) is 0 Å². The fourth-order valence-corrected chi connectivity index (χ4v) is 4.37. The average Bonchev–Trinajstić information content (AvgIpc) is 2.90. The van der Waals surface area contributed by atoms with Crippen molar-refractivity contribution in [2.75, 3.05) is 5.32 Å². The number of phenols is 1. The molecule has 0 aromatic heterocycles. The highest BCUT2D eigenvalue weighted by Crippen LogP contribution is 2.37. The van der Waals surface area contributed by atoms with Crippen LogP contribution in [0.1, 0.15) is 31.4 Å². The Balaban J connectivity index is 1.61. The molecular weight excluding hydrogens is 456 g/mol. The normalized spacial score (nSPS) is 12.9. The third-order valence-electron chi connectivity index (χ3n) is 6.19. The number of hydroxylamine groups is 1. The zero-order valence-electron chi connectivity index (χ0n) is 19.8. The Morgan fingerprint density at radius 1 is 0.917 bits per heavy atom. The Kier molecular flexibility index (Phi) is 7.82. The van der Waals surface area contributed by atoms with Crippen molar-refractivity contribution in [3.63, 3.8) is 0 Å². The lowest BCUT2D eigenvalue weighted by atomic mass is 9.89. The second-order valence-corrected chi connectivity index (χ2v) is 8.63. The summed E-state index contributed by atoms with van der Waals surface area (Å²) in [7, 11) is 0. The minimum atomic E-state index is -0.620. The van der Waals surface area contributed by atoms with Gasteiger partial charge in [-0.2, -0.15) is 0 Å². The molecule has 0 aliphatic heterocycles. The molecule has 36 heavy (non-hydrogen) atoms. The maximum atomic E-state index is 13.1. The zero-order chi connectivity index (χ0) is 25.5. The van der Waals surface area contributed by atoms with E-state index >= 15 is 0 Å². The molecule has 184 valence electrons. The van der Waals surface area contributed by atoms with Crippen molar-refractivity contribution in [3.05, 3.63) is 96.6 Å². The van der Waals surface area contributed by atoms with Gasteiger partial charge in [-0.3, -0.25) is 15.3 Å². The Hall–Kier alpha value is -4.36. The molecular formula is C29H28N2O5. The summed E-state index contributed by atoms with van der Waals surface area (Å²) < 4.78 is 6.02. The van der Waals surface area contributed by atoms with Gasteiger partial charge >= 0.3 is 6.09 Å². The summed E-state index contributed by atoms with van der Waals surface area (Å²) in [5, 5.41) is 25.3. The van der Waals surface area contributed by atoms with Crippen LogP contribution in [-0.4, -0.2) is 22.3 Å². The summed E-state index contributed by atoms with van der Waals surface area (Å²) in [4.78, 5) is 24.4. The molecule has 4 rings (SSSR count). The SMILES string of the molecule is C[C@H](CC/C=C/C(=O)NO)[C@H](OC(=O)Nc1cccc2ccccc12)c1ccc(O)c2ccccc12. The number of carbonyl (C=O) groups excluding carboxylic acids is 2. The molecule has 4 N–H and O–H groups in total. The quantitative estimate of drug-likeness (QED) is 0.130. The first-order valence-electron chi connectivity index (χ1n) is 11.7. The number of anilines is 1. The van der Waals surface area contributed by atoms with Crippen molar-refractivity contribution in [2.24, 2.45) is 5.92 Å². The number of nitrogens with one attached hydrogen (secondary N) is 2. The monoisotopic (exact) mass is 484 g/mol. The van der Waals surface area contributed by atoms with Crippen LogP contribution in [0.4, 0.5) is 10.5 Å². The van der Waals surface area contributed by atoms with Gasteiger partial charge in [0.25, 0.3) is 5.91 Å². The van der Waals surface area contributed by atoms with E-state index in [9.17, 15) is 14.7 Å². The minimum Gasteiger partial charge on any atom is -0.507 e. The van der Waals surface area contributed by atoms with E-state index in [1.165, 1.54) is 6.08 Å². The number of fused-ring (bicyclic) bond motifs is 2. The Morgan fingerprint density at radius 3 is 2.39 bits per heavy atom. The first-order chi connectivity index (χ1) is 17.5. The molecule has 0 bridgehead atoms. The van der Waals surface area contributed by atoms with Crippen LogP contribution in [0.3, 0.4) is 0 Å². The molecule has 0 saturated carbocycles. The average molecular weight is 485 g/mol. The van der Waals surface area contributed by atoms with Gasteiger partial charge in [-0.1, -0.05) is 79.7 Å². The first kappa shape index (κ1) is 24.8. The second kappa shape index (κ2) is 11.4. The fourth-order valence-electron chi connectivity index (χ4n) is 4.37. The van der Waals surface area contributed by atoms with E-state index < -0.39 is 18.1 Å². The predicted molar refractivity (Wildman–Crippen MR) is 140 cm³/mol. The first-order valence-corrected chi connectivity index (χ1v) is 11.7. The van der Waals surface area contributed by atoms with Crippen LogP contribution in [0.15, 0.2) is 91.0 Å². The van der Waals surface area contributed by atoms with E-state index in [1.807, 2.05) is 73.7 Å². The summed E-state index contributed by atoms with van der Waals surface area (Å²) in [6.07, 6.45) is 2.85. The van der Waals surface area contributed by atoms with Crippen molar-refractivity contribution in [1.29, 1.82) is 0 Å². The molecule has 0 heterocycles. The van der Waals surface area contributed by atoms with E-state index in [0.29, 0.717) is 23.9 Å². The summed E-state index contributed by atoms with van der Waals surface area (Å²) in [5.41, 5.74) is 2.99. The molecule has 2 amide bonds.